The number of carbonyl (C=O) groups excluding carboxylic acids is 1. The van der Waals surface area contributed by atoms with Crippen LogP contribution in [0.4, 0.5) is 0 Å². The number of amides is 1. The number of hydrogen-bond donors (Lipinski definition) is 1. The highest BCUT2D eigenvalue weighted by Gasteiger charge is 2.21. The lowest BCUT2D eigenvalue weighted by Gasteiger charge is -2.27. The molecule has 7 heteroatoms. The summed E-state index contributed by atoms with van der Waals surface area (Å²) in [5.41, 5.74) is 6.62. The Morgan fingerprint density at radius 2 is 1.97 bits per heavy atom. The van der Waals surface area contributed by atoms with E-state index in [0.717, 1.165) is 41.2 Å². The Labute approximate surface area is 186 Å². The summed E-state index contributed by atoms with van der Waals surface area (Å²) in [4.78, 5) is 14.1. The molecule has 3 aromatic heterocycles. The van der Waals surface area contributed by atoms with Crippen molar-refractivity contribution in [1.29, 1.82) is 0 Å². The van der Waals surface area contributed by atoms with Crippen LogP contribution in [0, 0.1) is 6.92 Å². The molecule has 1 aliphatic rings. The van der Waals surface area contributed by atoms with Gasteiger partial charge < -0.3 is 9.88 Å². The van der Waals surface area contributed by atoms with Gasteiger partial charge in [-0.25, -0.2) is 8.82 Å². The van der Waals surface area contributed by atoms with E-state index >= 15 is 0 Å². The fourth-order valence-corrected chi connectivity index (χ4v) is 5.16. The minimum Gasteiger partial charge on any atom is -0.347 e. The van der Waals surface area contributed by atoms with Crippen molar-refractivity contribution in [3.63, 3.8) is 0 Å². The Morgan fingerprint density at radius 3 is 2.84 bits per heavy atom. The van der Waals surface area contributed by atoms with Gasteiger partial charge in [0.15, 0.2) is 0 Å². The van der Waals surface area contributed by atoms with E-state index in [1.165, 1.54) is 11.1 Å². The topological polar surface area (TPSA) is 54.6 Å². The molecule has 0 fully saturated rings. The molecule has 1 amide bonds. The van der Waals surface area contributed by atoms with Crippen LogP contribution in [0.3, 0.4) is 0 Å². The summed E-state index contributed by atoms with van der Waals surface area (Å²) < 4.78 is 6.18. The predicted molar refractivity (Wildman–Crippen MR) is 123 cm³/mol. The lowest BCUT2D eigenvalue weighted by molar-refractivity contribution is 0.0942. The number of nitrogens with one attached hydrogen (secondary N) is 1. The largest absolute Gasteiger partial charge is 0.347 e. The quantitative estimate of drug-likeness (QED) is 0.486. The first-order valence-corrected chi connectivity index (χ1v) is 11.2. The van der Waals surface area contributed by atoms with E-state index in [0.29, 0.717) is 12.2 Å². The Hall–Kier alpha value is -3.03. The second kappa shape index (κ2) is 8.24. The Kier molecular flexibility index (Phi) is 5.29. The van der Waals surface area contributed by atoms with Gasteiger partial charge in [-0.2, -0.15) is 5.10 Å². The highest BCUT2D eigenvalue weighted by atomic mass is 32.2. The van der Waals surface area contributed by atoms with E-state index in [2.05, 4.69) is 45.9 Å². The maximum atomic E-state index is 12.9. The van der Waals surface area contributed by atoms with Crippen molar-refractivity contribution >= 4 is 23.4 Å². The van der Waals surface area contributed by atoms with E-state index in [9.17, 15) is 4.79 Å². The van der Waals surface area contributed by atoms with Crippen molar-refractivity contribution in [3.8, 4) is 0 Å². The molecule has 1 aromatic carbocycles. The molecule has 0 aliphatic carbocycles. The van der Waals surface area contributed by atoms with Gasteiger partial charge in [-0.1, -0.05) is 30.3 Å². The summed E-state index contributed by atoms with van der Waals surface area (Å²) in [6, 6.07) is 16.6. The number of fused-ring (bicyclic) bond motifs is 2. The molecule has 0 spiro atoms. The first-order valence-electron chi connectivity index (χ1n) is 10.5. The highest BCUT2D eigenvalue weighted by Crippen LogP contribution is 2.32. The Morgan fingerprint density at radius 1 is 1.16 bits per heavy atom. The zero-order valence-corrected chi connectivity index (χ0v) is 18.5. The van der Waals surface area contributed by atoms with Crippen molar-refractivity contribution in [2.75, 3.05) is 6.54 Å². The van der Waals surface area contributed by atoms with Gasteiger partial charge in [0.2, 0.25) is 0 Å². The summed E-state index contributed by atoms with van der Waals surface area (Å²) >= 11 is 1.74. The van der Waals surface area contributed by atoms with Crippen LogP contribution >= 0.6 is 11.9 Å². The van der Waals surface area contributed by atoms with E-state index in [4.69, 9.17) is 0 Å². The van der Waals surface area contributed by atoms with Crippen LogP contribution in [0.1, 0.15) is 32.9 Å². The number of carbonyl (C=O) groups is 1. The lowest BCUT2D eigenvalue weighted by atomic mass is 10.0. The van der Waals surface area contributed by atoms with E-state index in [1.54, 1.807) is 18.1 Å². The van der Waals surface area contributed by atoms with Gasteiger partial charge in [0.25, 0.3) is 5.91 Å². The van der Waals surface area contributed by atoms with Crippen LogP contribution < -0.4 is 5.32 Å². The van der Waals surface area contributed by atoms with Gasteiger partial charge in [-0.05, 0) is 54.6 Å². The van der Waals surface area contributed by atoms with Crippen molar-refractivity contribution in [3.05, 3.63) is 89.0 Å². The molecule has 4 aromatic rings. The summed E-state index contributed by atoms with van der Waals surface area (Å²) in [7, 11) is 1.95. The van der Waals surface area contributed by atoms with E-state index in [-0.39, 0.29) is 5.91 Å². The summed E-state index contributed by atoms with van der Waals surface area (Å²) in [5, 5.41) is 7.39. The maximum absolute atomic E-state index is 12.9. The van der Waals surface area contributed by atoms with Crippen LogP contribution in [0.25, 0.3) is 5.52 Å². The van der Waals surface area contributed by atoms with Gasteiger partial charge in [0.05, 0.1) is 11.7 Å². The minimum absolute atomic E-state index is 0.0725. The molecule has 0 bridgehead atoms. The fourth-order valence-electron chi connectivity index (χ4n) is 4.06. The van der Waals surface area contributed by atoms with Gasteiger partial charge >= 0.3 is 0 Å². The average molecular weight is 432 g/mol. The maximum Gasteiger partial charge on any atom is 0.268 e. The number of aromatic nitrogens is 3. The third-order valence-corrected chi connectivity index (χ3v) is 7.17. The Bertz CT molecular complexity index is 1260. The monoisotopic (exact) mass is 431 g/mol. The second-order valence-electron chi connectivity index (χ2n) is 7.89. The second-order valence-corrected chi connectivity index (χ2v) is 9.03. The molecule has 1 N–H and O–H groups in total. The fraction of sp³-hybridized carbons (Fsp3) is 0.250. The van der Waals surface area contributed by atoms with Crippen molar-refractivity contribution < 1.29 is 4.79 Å². The molecule has 1 aliphatic heterocycles. The normalized spacial score (nSPS) is 14.0. The van der Waals surface area contributed by atoms with Gasteiger partial charge in [0.1, 0.15) is 5.69 Å². The van der Waals surface area contributed by atoms with Crippen molar-refractivity contribution in [2.45, 2.75) is 31.3 Å². The molecule has 31 heavy (non-hydrogen) atoms. The van der Waals surface area contributed by atoms with Crippen molar-refractivity contribution in [1.82, 2.24) is 23.8 Å². The summed E-state index contributed by atoms with van der Waals surface area (Å²) in [6.45, 7) is 4.45. The zero-order valence-electron chi connectivity index (χ0n) is 17.7. The van der Waals surface area contributed by atoms with E-state index in [1.807, 2.05) is 46.6 Å². The molecular formula is C24H25N5OS. The molecule has 5 rings (SSSR count). The number of benzene rings is 1. The van der Waals surface area contributed by atoms with Crippen LogP contribution in [0.5, 0.6) is 0 Å². The van der Waals surface area contributed by atoms with E-state index < -0.39 is 0 Å². The number of hydrogen-bond acceptors (Lipinski definition) is 4. The minimum atomic E-state index is -0.0725. The van der Waals surface area contributed by atoms with Crippen molar-refractivity contribution in [2.24, 2.45) is 7.05 Å². The molecule has 0 atom stereocenters. The number of nitrogens with zero attached hydrogens (tertiary/aromatic N) is 4. The van der Waals surface area contributed by atoms with Crippen LogP contribution in [0.15, 0.2) is 65.8 Å². The first kappa shape index (κ1) is 19.9. The van der Waals surface area contributed by atoms with Gasteiger partial charge in [0, 0.05) is 49.0 Å². The predicted octanol–water partition coefficient (Wildman–Crippen LogP) is 3.98. The molecule has 0 unspecified atom stereocenters. The summed E-state index contributed by atoms with van der Waals surface area (Å²) in [6.07, 6.45) is 4.77. The summed E-state index contributed by atoms with van der Waals surface area (Å²) in [5.74, 6) is -0.0725. The lowest BCUT2D eigenvalue weighted by Crippen LogP contribution is -2.25. The number of rotatable bonds is 5. The van der Waals surface area contributed by atoms with Crippen LogP contribution in [-0.4, -0.2) is 30.9 Å². The molecule has 0 saturated heterocycles. The first-order chi connectivity index (χ1) is 15.1. The van der Waals surface area contributed by atoms with Crippen LogP contribution in [-0.2, 0) is 26.6 Å². The molecular weight excluding hydrogens is 406 g/mol. The molecule has 4 heterocycles. The molecule has 0 radical (unpaired) electrons. The smallest absolute Gasteiger partial charge is 0.268 e. The van der Waals surface area contributed by atoms with Crippen LogP contribution in [0.2, 0.25) is 0 Å². The van der Waals surface area contributed by atoms with Gasteiger partial charge in [-0.15, -0.1) is 0 Å². The molecule has 0 saturated carbocycles. The molecule has 158 valence electrons. The molecule has 6 nitrogen and oxygen atoms in total. The third-order valence-electron chi connectivity index (χ3n) is 5.99. The third kappa shape index (κ3) is 3.86. The van der Waals surface area contributed by atoms with Gasteiger partial charge in [-0.3, -0.25) is 4.79 Å². The SMILES string of the molecule is Cc1c(SN2CCc3ccccc3C2)cc(C(=O)NCc2cnn3ccccc23)n1C. The number of pyridine rings is 1. The Balaban J connectivity index is 1.28. The highest BCUT2D eigenvalue weighted by molar-refractivity contribution is 7.97. The zero-order chi connectivity index (χ0) is 21.4. The average Bonchev–Trinajstić information content (AvgIpc) is 3.34. The standard InChI is InChI=1S/C24H25N5OS/c1-17-23(31-28-12-10-18-7-3-4-8-19(18)16-28)13-22(27(17)2)24(30)25-14-20-15-26-29-11-6-5-9-21(20)29/h3-9,11,13,15H,10,12,14,16H2,1-2H3,(H,25,30).